The predicted octanol–water partition coefficient (Wildman–Crippen LogP) is 6.06. The second kappa shape index (κ2) is 9.02. The van der Waals surface area contributed by atoms with Crippen molar-refractivity contribution in [3.05, 3.63) is 77.0 Å². The Bertz CT molecular complexity index is 1180. The highest BCUT2D eigenvalue weighted by Gasteiger charge is 2.10. The predicted molar refractivity (Wildman–Crippen MR) is 124 cm³/mol. The Kier molecular flexibility index (Phi) is 6.01. The molecule has 2 aromatic carbocycles. The van der Waals surface area contributed by atoms with E-state index in [2.05, 4.69) is 47.1 Å². The molecule has 9 heteroatoms. The smallest absolute Gasteiger partial charge is 0.323 e. The lowest BCUT2D eigenvalue weighted by molar-refractivity contribution is 0.262. The first-order valence-electron chi connectivity index (χ1n) is 9.02. The molecule has 30 heavy (non-hydrogen) atoms. The highest BCUT2D eigenvalue weighted by Crippen LogP contribution is 2.30. The number of aromatic nitrogens is 3. The first-order valence-corrected chi connectivity index (χ1v) is 10.6. The van der Waals surface area contributed by atoms with Crippen molar-refractivity contribution < 1.29 is 4.79 Å². The topological polar surface area (TPSA) is 91.8 Å². The van der Waals surface area contributed by atoms with Crippen LogP contribution in [0.1, 0.15) is 5.56 Å². The molecule has 2 heterocycles. The van der Waals surface area contributed by atoms with E-state index in [9.17, 15) is 4.79 Å². The van der Waals surface area contributed by atoms with Crippen molar-refractivity contribution in [3.8, 4) is 10.6 Å². The summed E-state index contributed by atoms with van der Waals surface area (Å²) in [5, 5.41) is 18.8. The molecule has 7 nitrogen and oxygen atoms in total. The molecule has 150 valence electrons. The number of carbonyl (C=O) groups excluding carboxylic acids is 1. The number of nitrogens with zero attached hydrogens (tertiary/aromatic N) is 3. The minimum atomic E-state index is -0.322. The van der Waals surface area contributed by atoms with E-state index >= 15 is 0 Å². The zero-order chi connectivity index (χ0) is 20.9. The van der Waals surface area contributed by atoms with Gasteiger partial charge >= 0.3 is 6.03 Å². The van der Waals surface area contributed by atoms with Crippen LogP contribution in [0.15, 0.2) is 71.5 Å². The number of rotatable bonds is 5. The number of hydrogen-bond acceptors (Lipinski definition) is 6. The van der Waals surface area contributed by atoms with E-state index in [4.69, 9.17) is 0 Å². The molecule has 0 aliphatic heterocycles. The Hall–Kier alpha value is -3.30. The van der Waals surface area contributed by atoms with Crippen molar-refractivity contribution in [1.82, 2.24) is 15.2 Å². The number of carbonyl (C=O) groups is 1. The summed E-state index contributed by atoms with van der Waals surface area (Å²) in [6.07, 6.45) is 3.47. The summed E-state index contributed by atoms with van der Waals surface area (Å²) >= 11 is 4.83. The van der Waals surface area contributed by atoms with Gasteiger partial charge in [0.25, 0.3) is 0 Å². The molecule has 0 radical (unpaired) electrons. The third-order valence-electron chi connectivity index (χ3n) is 4.15. The van der Waals surface area contributed by atoms with Crippen LogP contribution < -0.4 is 16.0 Å². The third kappa shape index (κ3) is 5.00. The van der Waals surface area contributed by atoms with Gasteiger partial charge in [-0.25, -0.2) is 4.79 Å². The van der Waals surface area contributed by atoms with Crippen molar-refractivity contribution in [3.63, 3.8) is 0 Å². The molecule has 2 amide bonds. The maximum absolute atomic E-state index is 12.3. The lowest BCUT2D eigenvalue weighted by atomic mass is 10.2. The van der Waals surface area contributed by atoms with Gasteiger partial charge in [-0.1, -0.05) is 39.4 Å². The van der Waals surface area contributed by atoms with Crippen molar-refractivity contribution in [2.75, 3.05) is 16.0 Å². The monoisotopic (exact) mass is 480 g/mol. The van der Waals surface area contributed by atoms with E-state index in [1.165, 1.54) is 11.3 Å². The summed E-state index contributed by atoms with van der Waals surface area (Å²) in [5.41, 5.74) is 4.13. The van der Waals surface area contributed by atoms with Gasteiger partial charge in [0, 0.05) is 39.5 Å². The number of aryl methyl sites for hydroxylation is 1. The maximum Gasteiger partial charge on any atom is 0.323 e. The molecule has 0 aliphatic carbocycles. The van der Waals surface area contributed by atoms with Crippen LogP contribution in [0.3, 0.4) is 0 Å². The average Bonchev–Trinajstić information content (AvgIpc) is 3.20. The summed E-state index contributed by atoms with van der Waals surface area (Å²) in [4.78, 5) is 16.4. The van der Waals surface area contributed by atoms with Crippen molar-refractivity contribution >= 4 is 55.5 Å². The molecular formula is C21H17BrN6OS. The number of benzene rings is 2. The fourth-order valence-electron chi connectivity index (χ4n) is 2.69. The molecule has 0 atom stereocenters. The zero-order valence-electron chi connectivity index (χ0n) is 15.9. The van der Waals surface area contributed by atoms with E-state index in [1.54, 1.807) is 12.4 Å². The average molecular weight is 481 g/mol. The summed E-state index contributed by atoms with van der Waals surface area (Å²) in [6, 6.07) is 16.5. The Morgan fingerprint density at radius 3 is 2.60 bits per heavy atom. The minimum absolute atomic E-state index is 0.322. The van der Waals surface area contributed by atoms with Gasteiger partial charge in [-0.15, -0.1) is 10.2 Å². The van der Waals surface area contributed by atoms with Crippen molar-refractivity contribution in [2.45, 2.75) is 6.92 Å². The van der Waals surface area contributed by atoms with Crippen LogP contribution >= 0.6 is 27.3 Å². The van der Waals surface area contributed by atoms with Gasteiger partial charge in [0.1, 0.15) is 0 Å². The molecule has 0 unspecified atom stereocenters. The van der Waals surface area contributed by atoms with Gasteiger partial charge in [0.05, 0.1) is 0 Å². The number of amides is 2. The van der Waals surface area contributed by atoms with Gasteiger partial charge in [-0.2, -0.15) is 0 Å². The Labute approximate surface area is 185 Å². The quantitative estimate of drug-likeness (QED) is 0.322. The SMILES string of the molecule is Cc1ccc(NC(=O)Nc2cccc(Br)c2)cc1Nc1nnc(-c2cccnc2)s1. The summed E-state index contributed by atoms with van der Waals surface area (Å²) < 4.78 is 0.893. The van der Waals surface area contributed by atoms with E-state index < -0.39 is 0 Å². The molecule has 4 rings (SSSR count). The van der Waals surface area contributed by atoms with Crippen LogP contribution in [0.4, 0.5) is 27.0 Å². The molecule has 2 aromatic heterocycles. The normalized spacial score (nSPS) is 10.5. The second-order valence-electron chi connectivity index (χ2n) is 6.40. The Morgan fingerprint density at radius 1 is 1.00 bits per heavy atom. The molecule has 0 fully saturated rings. The number of pyridine rings is 1. The highest BCUT2D eigenvalue weighted by atomic mass is 79.9. The summed E-state index contributed by atoms with van der Waals surface area (Å²) in [7, 11) is 0. The first-order chi connectivity index (χ1) is 14.6. The lowest BCUT2D eigenvalue weighted by Crippen LogP contribution is -2.19. The number of anilines is 4. The molecule has 0 saturated carbocycles. The van der Waals surface area contributed by atoms with Gasteiger partial charge in [0.2, 0.25) is 5.13 Å². The Balaban J connectivity index is 1.46. The van der Waals surface area contributed by atoms with Gasteiger partial charge in [0.15, 0.2) is 5.01 Å². The minimum Gasteiger partial charge on any atom is -0.330 e. The number of halogens is 1. The molecule has 4 aromatic rings. The van der Waals surface area contributed by atoms with Gasteiger partial charge < -0.3 is 16.0 Å². The number of hydrogen-bond donors (Lipinski definition) is 3. The zero-order valence-corrected chi connectivity index (χ0v) is 18.3. The van der Waals surface area contributed by atoms with Crippen LogP contribution in [-0.4, -0.2) is 21.2 Å². The third-order valence-corrected chi connectivity index (χ3v) is 5.53. The van der Waals surface area contributed by atoms with Crippen LogP contribution in [0.2, 0.25) is 0 Å². The molecule has 0 spiro atoms. The number of nitrogens with one attached hydrogen (secondary N) is 3. The maximum atomic E-state index is 12.3. The van der Waals surface area contributed by atoms with E-state index in [1.807, 2.05) is 61.5 Å². The molecule has 3 N–H and O–H groups in total. The number of urea groups is 1. The second-order valence-corrected chi connectivity index (χ2v) is 8.29. The van der Waals surface area contributed by atoms with Crippen LogP contribution in [0, 0.1) is 6.92 Å². The standard InChI is InChI=1S/C21H17BrN6OS/c1-13-7-8-17(25-20(29)24-16-6-2-5-15(22)10-16)11-18(13)26-21-28-27-19(30-21)14-4-3-9-23-12-14/h2-12H,1H3,(H,26,28)(H2,24,25,29). The van der Waals surface area contributed by atoms with Crippen LogP contribution in [0.25, 0.3) is 10.6 Å². The van der Waals surface area contributed by atoms with E-state index in [0.717, 1.165) is 26.3 Å². The van der Waals surface area contributed by atoms with Gasteiger partial charge in [-0.3, -0.25) is 4.98 Å². The van der Waals surface area contributed by atoms with E-state index in [0.29, 0.717) is 16.5 Å². The first kappa shape index (κ1) is 20.0. The molecular weight excluding hydrogens is 464 g/mol. The van der Waals surface area contributed by atoms with Crippen molar-refractivity contribution in [2.24, 2.45) is 0 Å². The lowest BCUT2D eigenvalue weighted by Gasteiger charge is -2.11. The molecule has 0 saturated heterocycles. The molecule has 0 bridgehead atoms. The fourth-order valence-corrected chi connectivity index (χ4v) is 3.83. The Morgan fingerprint density at radius 2 is 1.83 bits per heavy atom. The van der Waals surface area contributed by atoms with Gasteiger partial charge in [-0.05, 0) is 55.0 Å². The van der Waals surface area contributed by atoms with Crippen LogP contribution in [-0.2, 0) is 0 Å². The summed E-state index contributed by atoms with van der Waals surface area (Å²) in [6.45, 7) is 1.98. The van der Waals surface area contributed by atoms with Crippen molar-refractivity contribution in [1.29, 1.82) is 0 Å². The van der Waals surface area contributed by atoms with Crippen LogP contribution in [0.5, 0.6) is 0 Å². The highest BCUT2D eigenvalue weighted by molar-refractivity contribution is 9.10. The van der Waals surface area contributed by atoms with E-state index in [-0.39, 0.29) is 6.03 Å². The molecule has 0 aliphatic rings. The largest absolute Gasteiger partial charge is 0.330 e. The fraction of sp³-hybridized carbons (Fsp3) is 0.0476. The summed E-state index contributed by atoms with van der Waals surface area (Å²) in [5.74, 6) is 0.